The number of nitrogens with one attached hydrogen (secondary N) is 2. The Kier molecular flexibility index (Phi) is 5.53. The zero-order valence-electron chi connectivity index (χ0n) is 7.72. The van der Waals surface area contributed by atoms with E-state index in [4.69, 9.17) is 0 Å². The topological polar surface area (TPSA) is 24.1 Å². The Morgan fingerprint density at radius 1 is 0.917 bits per heavy atom. The molecule has 0 aliphatic carbocycles. The summed E-state index contributed by atoms with van der Waals surface area (Å²) in [6, 6.07) is 0. The third-order valence-corrected chi connectivity index (χ3v) is 1.40. The molecule has 0 aromatic heterocycles. The van der Waals surface area contributed by atoms with Crippen molar-refractivity contribution in [1.82, 2.24) is 10.6 Å². The van der Waals surface area contributed by atoms with Crippen LogP contribution in [0.4, 0.5) is 0 Å². The summed E-state index contributed by atoms with van der Waals surface area (Å²) in [6.45, 7) is 7.26. The van der Waals surface area contributed by atoms with E-state index in [9.17, 15) is 0 Å². The quantitative estimate of drug-likeness (QED) is 0.603. The largest absolute Gasteiger partial charge is 0.386 e. The fraction of sp³-hybridized carbons (Fsp3) is 0.200. The van der Waals surface area contributed by atoms with Crippen LogP contribution in [-0.2, 0) is 0 Å². The Morgan fingerprint density at radius 3 is 1.42 bits per heavy atom. The number of allylic oxidation sites excluding steroid dienone is 4. The molecule has 2 N–H and O–H groups in total. The van der Waals surface area contributed by atoms with Gasteiger partial charge in [-0.25, -0.2) is 0 Å². The minimum absolute atomic E-state index is 0.993. The van der Waals surface area contributed by atoms with Crippen molar-refractivity contribution in [2.45, 2.75) is 0 Å². The molecule has 0 bridgehead atoms. The van der Waals surface area contributed by atoms with Crippen LogP contribution in [0.1, 0.15) is 0 Å². The summed E-state index contributed by atoms with van der Waals surface area (Å²) in [7, 11) is 3.73. The van der Waals surface area contributed by atoms with E-state index in [-0.39, 0.29) is 0 Å². The van der Waals surface area contributed by atoms with E-state index in [0.29, 0.717) is 0 Å². The lowest BCUT2D eigenvalue weighted by Crippen LogP contribution is -2.17. The van der Waals surface area contributed by atoms with Crippen molar-refractivity contribution >= 4 is 0 Å². The lowest BCUT2D eigenvalue weighted by atomic mass is 10.2. The number of likely N-dealkylation sites (N-methyl/N-ethyl adjacent to an activating group) is 2. The first-order valence-corrected chi connectivity index (χ1v) is 3.81. The Labute approximate surface area is 74.4 Å². The standard InChI is InChI=1S/C10H16N2/c1-5-7-9(11-3)10(12-4)8-6-2/h5-8,11-12H,1-2H2,3-4H3/b9-7+,10-8+. The summed E-state index contributed by atoms with van der Waals surface area (Å²) in [5.41, 5.74) is 1.99. The maximum absolute atomic E-state index is 3.63. The van der Waals surface area contributed by atoms with Gasteiger partial charge in [0.15, 0.2) is 0 Å². The Bertz CT molecular complexity index is 188. The van der Waals surface area contributed by atoms with E-state index >= 15 is 0 Å². The number of hydrogen-bond acceptors (Lipinski definition) is 2. The number of rotatable bonds is 5. The van der Waals surface area contributed by atoms with Crippen LogP contribution >= 0.6 is 0 Å². The van der Waals surface area contributed by atoms with Crippen LogP contribution in [-0.4, -0.2) is 14.1 Å². The van der Waals surface area contributed by atoms with Gasteiger partial charge in [-0.1, -0.05) is 25.3 Å². The lowest BCUT2D eigenvalue weighted by Gasteiger charge is -2.09. The molecule has 0 aliphatic heterocycles. The minimum Gasteiger partial charge on any atom is -0.386 e. The highest BCUT2D eigenvalue weighted by Gasteiger charge is 1.96. The van der Waals surface area contributed by atoms with Crippen LogP contribution in [0.15, 0.2) is 48.9 Å². The van der Waals surface area contributed by atoms with E-state index < -0.39 is 0 Å². The summed E-state index contributed by atoms with van der Waals surface area (Å²) in [6.07, 6.45) is 7.26. The molecule has 2 nitrogen and oxygen atoms in total. The Balaban J connectivity index is 4.66. The summed E-state index contributed by atoms with van der Waals surface area (Å²) in [5, 5.41) is 6.10. The van der Waals surface area contributed by atoms with E-state index in [2.05, 4.69) is 23.8 Å². The zero-order chi connectivity index (χ0) is 9.40. The van der Waals surface area contributed by atoms with Crippen molar-refractivity contribution in [2.24, 2.45) is 0 Å². The number of hydrogen-bond donors (Lipinski definition) is 2. The van der Waals surface area contributed by atoms with Crippen LogP contribution in [0.3, 0.4) is 0 Å². The third-order valence-electron chi connectivity index (χ3n) is 1.40. The highest BCUT2D eigenvalue weighted by molar-refractivity contribution is 5.32. The molecular formula is C10H16N2. The van der Waals surface area contributed by atoms with Crippen molar-refractivity contribution in [3.8, 4) is 0 Å². The second-order valence-corrected chi connectivity index (χ2v) is 2.13. The second-order valence-electron chi connectivity index (χ2n) is 2.13. The fourth-order valence-corrected chi connectivity index (χ4v) is 0.851. The fourth-order valence-electron chi connectivity index (χ4n) is 0.851. The average molecular weight is 164 g/mol. The first kappa shape index (κ1) is 10.6. The van der Waals surface area contributed by atoms with E-state index in [1.807, 2.05) is 26.2 Å². The predicted molar refractivity (Wildman–Crippen MR) is 54.7 cm³/mol. The van der Waals surface area contributed by atoms with Crippen LogP contribution in [0, 0.1) is 0 Å². The van der Waals surface area contributed by atoms with Crippen LogP contribution in [0.2, 0.25) is 0 Å². The van der Waals surface area contributed by atoms with Crippen molar-refractivity contribution in [2.75, 3.05) is 14.1 Å². The first-order valence-electron chi connectivity index (χ1n) is 3.81. The summed E-state index contributed by atoms with van der Waals surface area (Å²) >= 11 is 0. The molecule has 0 rings (SSSR count). The maximum atomic E-state index is 3.63. The normalized spacial score (nSPS) is 12.2. The molecular weight excluding hydrogens is 148 g/mol. The van der Waals surface area contributed by atoms with Gasteiger partial charge in [-0.15, -0.1) is 0 Å². The van der Waals surface area contributed by atoms with Gasteiger partial charge in [0, 0.05) is 14.1 Å². The van der Waals surface area contributed by atoms with Crippen molar-refractivity contribution in [3.05, 3.63) is 48.9 Å². The Hall–Kier alpha value is -1.44. The van der Waals surface area contributed by atoms with Gasteiger partial charge in [0.25, 0.3) is 0 Å². The molecule has 0 heterocycles. The van der Waals surface area contributed by atoms with E-state index in [0.717, 1.165) is 11.4 Å². The lowest BCUT2D eigenvalue weighted by molar-refractivity contribution is 0.907. The molecule has 0 fully saturated rings. The molecule has 0 saturated carbocycles. The average Bonchev–Trinajstić information content (AvgIpc) is 2.11. The smallest absolute Gasteiger partial charge is 0.0573 e. The van der Waals surface area contributed by atoms with Crippen molar-refractivity contribution in [1.29, 1.82) is 0 Å². The molecule has 66 valence electrons. The third kappa shape index (κ3) is 3.10. The molecule has 0 atom stereocenters. The van der Waals surface area contributed by atoms with Gasteiger partial charge >= 0.3 is 0 Å². The zero-order valence-corrected chi connectivity index (χ0v) is 7.72. The highest BCUT2D eigenvalue weighted by Crippen LogP contribution is 2.01. The molecule has 0 unspecified atom stereocenters. The molecule has 0 radical (unpaired) electrons. The minimum atomic E-state index is 0.993. The maximum Gasteiger partial charge on any atom is 0.0573 e. The van der Waals surface area contributed by atoms with Gasteiger partial charge in [-0.2, -0.15) is 0 Å². The van der Waals surface area contributed by atoms with Gasteiger partial charge < -0.3 is 10.6 Å². The van der Waals surface area contributed by atoms with Gasteiger partial charge in [0.1, 0.15) is 0 Å². The molecule has 0 spiro atoms. The van der Waals surface area contributed by atoms with Crippen LogP contribution < -0.4 is 10.6 Å². The molecule has 0 saturated heterocycles. The highest BCUT2D eigenvalue weighted by atomic mass is 14.9. The molecule has 0 aromatic carbocycles. The van der Waals surface area contributed by atoms with E-state index in [1.54, 1.807) is 12.2 Å². The molecule has 0 aliphatic rings. The van der Waals surface area contributed by atoms with Crippen LogP contribution in [0.25, 0.3) is 0 Å². The SMILES string of the molecule is C=C/C=C(NC)\C(=C/C=C)NC. The second kappa shape index (κ2) is 6.28. The van der Waals surface area contributed by atoms with Gasteiger partial charge in [-0.3, -0.25) is 0 Å². The van der Waals surface area contributed by atoms with Gasteiger partial charge in [-0.05, 0) is 12.2 Å². The molecule has 2 heteroatoms. The summed E-state index contributed by atoms with van der Waals surface area (Å²) in [4.78, 5) is 0. The predicted octanol–water partition coefficient (Wildman–Crippen LogP) is 1.56. The summed E-state index contributed by atoms with van der Waals surface area (Å²) < 4.78 is 0. The molecule has 0 amide bonds. The van der Waals surface area contributed by atoms with E-state index in [1.165, 1.54) is 0 Å². The van der Waals surface area contributed by atoms with Crippen molar-refractivity contribution < 1.29 is 0 Å². The summed E-state index contributed by atoms with van der Waals surface area (Å²) in [5.74, 6) is 0. The van der Waals surface area contributed by atoms with Gasteiger partial charge in [0.05, 0.1) is 11.4 Å². The monoisotopic (exact) mass is 164 g/mol. The van der Waals surface area contributed by atoms with Gasteiger partial charge in [0.2, 0.25) is 0 Å². The Morgan fingerprint density at radius 2 is 1.25 bits per heavy atom. The van der Waals surface area contributed by atoms with Crippen molar-refractivity contribution in [3.63, 3.8) is 0 Å². The van der Waals surface area contributed by atoms with Crippen LogP contribution in [0.5, 0.6) is 0 Å². The molecule has 12 heavy (non-hydrogen) atoms. The molecule has 0 aromatic rings. The first-order chi connectivity index (χ1) is 5.79.